The van der Waals surface area contributed by atoms with Gasteiger partial charge in [-0.25, -0.2) is 4.98 Å². The maximum Gasteiger partial charge on any atom is 0.275 e. The van der Waals surface area contributed by atoms with E-state index in [2.05, 4.69) is 9.97 Å². The Kier molecular flexibility index (Phi) is 2.38. The first kappa shape index (κ1) is 8.64. The van der Waals surface area contributed by atoms with Crippen LogP contribution in [0.5, 0.6) is 0 Å². The SMILES string of the molecule is CC(C)c1cnc(C=N)c(=O)[nH]1. The zero-order chi connectivity index (χ0) is 9.14. The summed E-state index contributed by atoms with van der Waals surface area (Å²) < 4.78 is 0. The number of nitrogens with zero attached hydrogens (tertiary/aromatic N) is 1. The molecule has 0 radical (unpaired) electrons. The van der Waals surface area contributed by atoms with Gasteiger partial charge in [0.15, 0.2) is 0 Å². The molecule has 0 saturated carbocycles. The molecule has 0 aliphatic carbocycles. The smallest absolute Gasteiger partial charge is 0.275 e. The molecule has 64 valence electrons. The van der Waals surface area contributed by atoms with Crippen molar-refractivity contribution in [3.05, 3.63) is 27.9 Å². The molecule has 1 aromatic heterocycles. The molecule has 1 heterocycles. The van der Waals surface area contributed by atoms with Gasteiger partial charge in [0.2, 0.25) is 0 Å². The van der Waals surface area contributed by atoms with Gasteiger partial charge >= 0.3 is 0 Å². The predicted molar refractivity (Wildman–Crippen MR) is 46.8 cm³/mol. The Morgan fingerprint density at radius 2 is 2.33 bits per heavy atom. The van der Waals surface area contributed by atoms with Crippen LogP contribution in [-0.2, 0) is 0 Å². The Balaban J connectivity index is 3.19. The summed E-state index contributed by atoms with van der Waals surface area (Å²) in [5.41, 5.74) is 0.654. The van der Waals surface area contributed by atoms with Crippen LogP contribution in [0.2, 0.25) is 0 Å². The first-order valence-corrected chi connectivity index (χ1v) is 3.75. The Hall–Kier alpha value is -1.45. The molecule has 0 aliphatic rings. The van der Waals surface area contributed by atoms with E-state index in [4.69, 9.17) is 5.41 Å². The molecule has 1 aromatic rings. The van der Waals surface area contributed by atoms with E-state index in [1.165, 1.54) is 0 Å². The van der Waals surface area contributed by atoms with Gasteiger partial charge in [-0.15, -0.1) is 0 Å². The van der Waals surface area contributed by atoms with Gasteiger partial charge in [-0.2, -0.15) is 0 Å². The summed E-state index contributed by atoms with van der Waals surface area (Å²) in [5, 5.41) is 6.85. The molecule has 4 heteroatoms. The third-order valence-electron chi connectivity index (χ3n) is 1.59. The molecular weight excluding hydrogens is 154 g/mol. The number of H-pyrrole nitrogens is 1. The van der Waals surface area contributed by atoms with Gasteiger partial charge in [0.1, 0.15) is 5.69 Å². The van der Waals surface area contributed by atoms with Crippen LogP contribution >= 0.6 is 0 Å². The van der Waals surface area contributed by atoms with Crippen LogP contribution in [-0.4, -0.2) is 16.2 Å². The fraction of sp³-hybridized carbons (Fsp3) is 0.375. The molecule has 0 unspecified atom stereocenters. The third kappa shape index (κ3) is 1.58. The van der Waals surface area contributed by atoms with Crippen molar-refractivity contribution >= 4 is 6.21 Å². The van der Waals surface area contributed by atoms with Crippen molar-refractivity contribution in [1.82, 2.24) is 9.97 Å². The highest BCUT2D eigenvalue weighted by atomic mass is 16.1. The number of rotatable bonds is 2. The summed E-state index contributed by atoms with van der Waals surface area (Å²) in [4.78, 5) is 17.6. The predicted octanol–water partition coefficient (Wildman–Crippen LogP) is 0.891. The molecule has 0 aromatic carbocycles. The summed E-state index contributed by atoms with van der Waals surface area (Å²) in [6, 6.07) is 0. The summed E-state index contributed by atoms with van der Waals surface area (Å²) in [6.45, 7) is 3.94. The highest BCUT2D eigenvalue weighted by Crippen LogP contribution is 2.06. The molecule has 2 N–H and O–H groups in total. The van der Waals surface area contributed by atoms with Crippen molar-refractivity contribution in [3.63, 3.8) is 0 Å². The number of aromatic amines is 1. The van der Waals surface area contributed by atoms with E-state index in [-0.39, 0.29) is 17.2 Å². The zero-order valence-electron chi connectivity index (χ0n) is 7.09. The summed E-state index contributed by atoms with van der Waals surface area (Å²) in [5.74, 6) is 0.255. The topological polar surface area (TPSA) is 69.6 Å². The first-order chi connectivity index (χ1) is 5.65. The van der Waals surface area contributed by atoms with Crippen LogP contribution in [0.3, 0.4) is 0 Å². The van der Waals surface area contributed by atoms with Crippen LogP contribution in [0.1, 0.15) is 31.2 Å². The zero-order valence-corrected chi connectivity index (χ0v) is 7.09. The van der Waals surface area contributed by atoms with Crippen LogP contribution in [0, 0.1) is 5.41 Å². The number of hydrogen-bond donors (Lipinski definition) is 2. The van der Waals surface area contributed by atoms with Crippen molar-refractivity contribution in [2.75, 3.05) is 0 Å². The maximum atomic E-state index is 11.1. The molecule has 0 bridgehead atoms. The van der Waals surface area contributed by atoms with Crippen molar-refractivity contribution in [2.45, 2.75) is 19.8 Å². The Morgan fingerprint density at radius 3 is 2.75 bits per heavy atom. The van der Waals surface area contributed by atoms with Gasteiger partial charge in [-0.1, -0.05) is 13.8 Å². The fourth-order valence-electron chi connectivity index (χ4n) is 0.821. The quantitative estimate of drug-likeness (QED) is 0.639. The molecule has 0 aliphatic heterocycles. The Bertz CT molecular complexity index is 340. The Labute approximate surface area is 70.2 Å². The molecule has 1 rings (SSSR count). The largest absolute Gasteiger partial charge is 0.323 e. The lowest BCUT2D eigenvalue weighted by molar-refractivity contribution is 0.802. The monoisotopic (exact) mass is 165 g/mol. The lowest BCUT2D eigenvalue weighted by atomic mass is 10.1. The van der Waals surface area contributed by atoms with Crippen molar-refractivity contribution < 1.29 is 0 Å². The van der Waals surface area contributed by atoms with Gasteiger partial charge in [-0.3, -0.25) is 4.79 Å². The number of nitrogens with one attached hydrogen (secondary N) is 2. The van der Waals surface area contributed by atoms with Gasteiger partial charge in [0.05, 0.1) is 0 Å². The second kappa shape index (κ2) is 3.30. The van der Waals surface area contributed by atoms with Gasteiger partial charge in [-0.05, 0) is 5.92 Å². The third-order valence-corrected chi connectivity index (χ3v) is 1.59. The molecule has 4 nitrogen and oxygen atoms in total. The van der Waals surface area contributed by atoms with Crippen LogP contribution in [0.4, 0.5) is 0 Å². The average molecular weight is 165 g/mol. The van der Waals surface area contributed by atoms with Gasteiger partial charge < -0.3 is 10.4 Å². The lowest BCUT2D eigenvalue weighted by Crippen LogP contribution is -2.16. The van der Waals surface area contributed by atoms with Gasteiger partial charge in [0.25, 0.3) is 5.56 Å². The summed E-state index contributed by atoms with van der Waals surface area (Å²) >= 11 is 0. The highest BCUT2D eigenvalue weighted by molar-refractivity contribution is 5.73. The second-order valence-electron chi connectivity index (χ2n) is 2.85. The first-order valence-electron chi connectivity index (χ1n) is 3.75. The van der Waals surface area contributed by atoms with Gasteiger partial charge in [0, 0.05) is 18.1 Å². The molecule has 0 atom stereocenters. The molecule has 0 saturated heterocycles. The number of aromatic nitrogens is 2. The van der Waals surface area contributed by atoms with Crippen molar-refractivity contribution in [3.8, 4) is 0 Å². The summed E-state index contributed by atoms with van der Waals surface area (Å²) in [6.07, 6.45) is 2.54. The summed E-state index contributed by atoms with van der Waals surface area (Å²) in [7, 11) is 0. The van der Waals surface area contributed by atoms with E-state index in [1.54, 1.807) is 6.20 Å². The van der Waals surface area contributed by atoms with E-state index in [9.17, 15) is 4.79 Å². The van der Waals surface area contributed by atoms with Crippen LogP contribution in [0.15, 0.2) is 11.0 Å². The lowest BCUT2D eigenvalue weighted by Gasteiger charge is -2.02. The normalized spacial score (nSPS) is 10.2. The van der Waals surface area contributed by atoms with E-state index in [0.29, 0.717) is 0 Å². The van der Waals surface area contributed by atoms with Crippen molar-refractivity contribution in [2.24, 2.45) is 0 Å². The highest BCUT2D eigenvalue weighted by Gasteiger charge is 2.02. The van der Waals surface area contributed by atoms with Crippen molar-refractivity contribution in [1.29, 1.82) is 5.41 Å². The van der Waals surface area contributed by atoms with Crippen LogP contribution in [0.25, 0.3) is 0 Å². The van der Waals surface area contributed by atoms with E-state index in [1.807, 2.05) is 13.8 Å². The molecule has 0 spiro atoms. The fourth-order valence-corrected chi connectivity index (χ4v) is 0.821. The minimum absolute atomic E-state index is 0.152. The second-order valence-corrected chi connectivity index (χ2v) is 2.85. The average Bonchev–Trinajstić information content (AvgIpc) is 2.04. The maximum absolute atomic E-state index is 11.1. The molecule has 0 fully saturated rings. The van der Waals surface area contributed by atoms with E-state index in [0.717, 1.165) is 11.9 Å². The standard InChI is InChI=1S/C8H11N3O/c1-5(2)7-4-10-6(3-9)8(12)11-7/h3-5,9H,1-2H3,(H,11,12). The van der Waals surface area contributed by atoms with Crippen LogP contribution < -0.4 is 5.56 Å². The van der Waals surface area contributed by atoms with E-state index >= 15 is 0 Å². The molecule has 12 heavy (non-hydrogen) atoms. The minimum atomic E-state index is -0.295. The molecular formula is C8H11N3O. The molecule has 0 amide bonds. The number of hydrogen-bond acceptors (Lipinski definition) is 3. The minimum Gasteiger partial charge on any atom is -0.323 e. The Morgan fingerprint density at radius 1 is 1.67 bits per heavy atom. The van der Waals surface area contributed by atoms with E-state index < -0.39 is 0 Å².